The Balaban J connectivity index is 1.35. The molecule has 1 atom stereocenters. The summed E-state index contributed by atoms with van der Waals surface area (Å²) in [6.07, 6.45) is 5.15. The van der Waals surface area contributed by atoms with Gasteiger partial charge < -0.3 is 15.4 Å². The molecule has 130 valence electrons. The summed E-state index contributed by atoms with van der Waals surface area (Å²) in [4.78, 5) is 20.3. The lowest BCUT2D eigenvalue weighted by Gasteiger charge is -2.15. The largest absolute Gasteiger partial charge is 0.424 e. The lowest BCUT2D eigenvalue weighted by atomic mass is 10.1. The van der Waals surface area contributed by atoms with E-state index in [2.05, 4.69) is 32.7 Å². The van der Waals surface area contributed by atoms with Crippen molar-refractivity contribution in [3.8, 4) is 11.8 Å². The topological polar surface area (TPSA) is 76.1 Å². The first-order chi connectivity index (χ1) is 12.8. The second kappa shape index (κ2) is 7.23. The van der Waals surface area contributed by atoms with Crippen molar-refractivity contribution >= 4 is 11.7 Å². The fourth-order valence-corrected chi connectivity index (χ4v) is 3.08. The van der Waals surface area contributed by atoms with Gasteiger partial charge >= 0.3 is 12.0 Å². The standard InChI is InChI=1S/C20H18N4O2/c25-19(24-18-11-6-14-4-1-2-5-17(14)18)23-15-7-9-16(10-8-15)26-20-21-12-3-13-22-20/h1-5,7-10,12-13,18H,6,11H2,(H2,23,24,25)/t18-/m0/s1. The summed E-state index contributed by atoms with van der Waals surface area (Å²) >= 11 is 0. The maximum absolute atomic E-state index is 12.3. The Morgan fingerprint density at radius 3 is 2.58 bits per heavy atom. The normalized spacial score (nSPS) is 15.2. The van der Waals surface area contributed by atoms with E-state index < -0.39 is 0 Å². The highest BCUT2D eigenvalue weighted by molar-refractivity contribution is 5.89. The Labute approximate surface area is 151 Å². The molecule has 0 unspecified atom stereocenters. The molecular formula is C20H18N4O2. The van der Waals surface area contributed by atoms with Gasteiger partial charge in [-0.25, -0.2) is 14.8 Å². The number of amides is 2. The van der Waals surface area contributed by atoms with Gasteiger partial charge in [0.1, 0.15) is 5.75 Å². The van der Waals surface area contributed by atoms with Crippen molar-refractivity contribution in [3.63, 3.8) is 0 Å². The van der Waals surface area contributed by atoms with Crippen LogP contribution in [0.3, 0.4) is 0 Å². The fraction of sp³-hybridized carbons (Fsp3) is 0.150. The molecule has 0 bridgehead atoms. The number of hydrogen-bond donors (Lipinski definition) is 2. The summed E-state index contributed by atoms with van der Waals surface area (Å²) < 4.78 is 5.53. The Hall–Kier alpha value is -3.41. The van der Waals surface area contributed by atoms with Crippen LogP contribution in [-0.2, 0) is 6.42 Å². The zero-order chi connectivity index (χ0) is 17.8. The van der Waals surface area contributed by atoms with E-state index >= 15 is 0 Å². The van der Waals surface area contributed by atoms with Crippen molar-refractivity contribution in [2.24, 2.45) is 0 Å². The first-order valence-electron chi connectivity index (χ1n) is 8.48. The van der Waals surface area contributed by atoms with Crippen LogP contribution in [0.25, 0.3) is 0 Å². The second-order valence-corrected chi connectivity index (χ2v) is 6.05. The van der Waals surface area contributed by atoms with Crippen LogP contribution in [0.1, 0.15) is 23.6 Å². The van der Waals surface area contributed by atoms with E-state index in [4.69, 9.17) is 4.74 Å². The Morgan fingerprint density at radius 2 is 1.77 bits per heavy atom. The predicted molar refractivity (Wildman–Crippen MR) is 98.2 cm³/mol. The number of aryl methyl sites for hydroxylation is 1. The van der Waals surface area contributed by atoms with Gasteiger partial charge in [0.25, 0.3) is 0 Å². The molecule has 2 aromatic carbocycles. The predicted octanol–water partition coefficient (Wildman–Crippen LogP) is 4.08. The molecule has 4 rings (SSSR count). The van der Waals surface area contributed by atoms with E-state index in [1.807, 2.05) is 12.1 Å². The molecule has 0 aliphatic heterocycles. The van der Waals surface area contributed by atoms with E-state index in [-0.39, 0.29) is 18.1 Å². The average Bonchev–Trinajstić information content (AvgIpc) is 3.07. The van der Waals surface area contributed by atoms with Crippen LogP contribution in [0, 0.1) is 0 Å². The lowest BCUT2D eigenvalue weighted by Crippen LogP contribution is -2.31. The molecule has 1 aliphatic rings. The number of urea groups is 1. The van der Waals surface area contributed by atoms with Gasteiger partial charge in [0.2, 0.25) is 0 Å². The molecule has 2 N–H and O–H groups in total. The van der Waals surface area contributed by atoms with Gasteiger partial charge in [0.15, 0.2) is 0 Å². The number of nitrogens with one attached hydrogen (secondary N) is 2. The number of nitrogens with zero attached hydrogens (tertiary/aromatic N) is 2. The third kappa shape index (κ3) is 3.64. The van der Waals surface area contributed by atoms with Crippen molar-refractivity contribution in [1.82, 2.24) is 15.3 Å². The summed E-state index contributed by atoms with van der Waals surface area (Å²) in [6.45, 7) is 0. The molecule has 6 heteroatoms. The lowest BCUT2D eigenvalue weighted by molar-refractivity contribution is 0.248. The quantitative estimate of drug-likeness (QED) is 0.746. The van der Waals surface area contributed by atoms with E-state index in [9.17, 15) is 4.79 Å². The number of carbonyl (C=O) groups is 1. The number of ether oxygens (including phenoxy) is 1. The van der Waals surface area contributed by atoms with Crippen LogP contribution in [0.2, 0.25) is 0 Å². The first kappa shape index (κ1) is 16.1. The average molecular weight is 346 g/mol. The molecule has 0 saturated heterocycles. The molecule has 3 aromatic rings. The molecular weight excluding hydrogens is 328 g/mol. The smallest absolute Gasteiger partial charge is 0.321 e. The number of aromatic nitrogens is 2. The Bertz CT molecular complexity index is 897. The van der Waals surface area contributed by atoms with Crippen molar-refractivity contribution in [2.45, 2.75) is 18.9 Å². The van der Waals surface area contributed by atoms with Gasteiger partial charge in [0.05, 0.1) is 6.04 Å². The van der Waals surface area contributed by atoms with E-state index in [0.717, 1.165) is 12.8 Å². The maximum atomic E-state index is 12.3. The van der Waals surface area contributed by atoms with Crippen LogP contribution >= 0.6 is 0 Å². The Kier molecular flexibility index (Phi) is 4.47. The molecule has 1 heterocycles. The van der Waals surface area contributed by atoms with E-state index in [1.165, 1.54) is 11.1 Å². The molecule has 1 aromatic heterocycles. The second-order valence-electron chi connectivity index (χ2n) is 6.05. The number of anilines is 1. The van der Waals surface area contributed by atoms with Crippen LogP contribution in [-0.4, -0.2) is 16.0 Å². The zero-order valence-electron chi connectivity index (χ0n) is 14.1. The molecule has 26 heavy (non-hydrogen) atoms. The Morgan fingerprint density at radius 1 is 1.00 bits per heavy atom. The number of carbonyl (C=O) groups excluding carboxylic acids is 1. The fourth-order valence-electron chi connectivity index (χ4n) is 3.08. The van der Waals surface area contributed by atoms with E-state index in [1.54, 1.807) is 42.7 Å². The van der Waals surface area contributed by atoms with Crippen molar-refractivity contribution in [3.05, 3.63) is 78.1 Å². The first-order valence-corrected chi connectivity index (χ1v) is 8.48. The van der Waals surface area contributed by atoms with Gasteiger partial charge in [-0.05, 0) is 54.3 Å². The SMILES string of the molecule is O=C(Nc1ccc(Oc2ncccn2)cc1)N[C@H]1CCc2ccccc21. The summed E-state index contributed by atoms with van der Waals surface area (Å²) in [6, 6.07) is 17.2. The monoisotopic (exact) mass is 346 g/mol. The minimum atomic E-state index is -0.216. The number of hydrogen-bond acceptors (Lipinski definition) is 4. The van der Waals surface area contributed by atoms with Gasteiger partial charge in [-0.3, -0.25) is 0 Å². The van der Waals surface area contributed by atoms with Crippen molar-refractivity contribution < 1.29 is 9.53 Å². The van der Waals surface area contributed by atoms with Crippen LogP contribution in [0.4, 0.5) is 10.5 Å². The minimum Gasteiger partial charge on any atom is -0.424 e. The molecule has 0 radical (unpaired) electrons. The van der Waals surface area contributed by atoms with Gasteiger partial charge in [-0.2, -0.15) is 0 Å². The van der Waals surface area contributed by atoms with E-state index in [0.29, 0.717) is 11.4 Å². The molecule has 0 saturated carbocycles. The number of fused-ring (bicyclic) bond motifs is 1. The third-order valence-corrected chi connectivity index (χ3v) is 4.30. The highest BCUT2D eigenvalue weighted by atomic mass is 16.5. The van der Waals surface area contributed by atoms with Crippen LogP contribution in [0.15, 0.2) is 67.0 Å². The van der Waals surface area contributed by atoms with Crippen molar-refractivity contribution in [2.75, 3.05) is 5.32 Å². The van der Waals surface area contributed by atoms with Gasteiger partial charge in [-0.1, -0.05) is 24.3 Å². The third-order valence-electron chi connectivity index (χ3n) is 4.30. The summed E-state index contributed by atoms with van der Waals surface area (Å²) in [7, 11) is 0. The summed E-state index contributed by atoms with van der Waals surface area (Å²) in [5.41, 5.74) is 3.20. The molecule has 1 aliphatic carbocycles. The minimum absolute atomic E-state index is 0.0593. The van der Waals surface area contributed by atoms with Gasteiger partial charge in [0, 0.05) is 18.1 Å². The van der Waals surface area contributed by atoms with Gasteiger partial charge in [-0.15, -0.1) is 0 Å². The molecule has 2 amide bonds. The maximum Gasteiger partial charge on any atom is 0.321 e. The highest BCUT2D eigenvalue weighted by Crippen LogP contribution is 2.30. The summed E-state index contributed by atoms with van der Waals surface area (Å²) in [5.74, 6) is 0.604. The zero-order valence-corrected chi connectivity index (χ0v) is 14.1. The number of benzene rings is 2. The highest BCUT2D eigenvalue weighted by Gasteiger charge is 2.23. The van der Waals surface area contributed by atoms with Crippen molar-refractivity contribution in [1.29, 1.82) is 0 Å². The van der Waals surface area contributed by atoms with Crippen LogP contribution < -0.4 is 15.4 Å². The molecule has 0 fully saturated rings. The number of rotatable bonds is 4. The molecule has 6 nitrogen and oxygen atoms in total. The summed E-state index contributed by atoms with van der Waals surface area (Å²) in [5, 5.41) is 5.89. The molecule has 0 spiro atoms. The van der Waals surface area contributed by atoms with Crippen LogP contribution in [0.5, 0.6) is 11.8 Å².